The molecule has 1 heterocycles. The van der Waals surface area contributed by atoms with E-state index in [0.29, 0.717) is 19.4 Å². The quantitative estimate of drug-likeness (QED) is 0.141. The standard InChI is InChI=1S/C24H41Cl3N4O6Si/c1-8-9-12-19(32)29-18(14-37-38(6,7)23(3,4)5)20(33)28-16(2)21(34)31-13-10-11-17(30-31)22(35)36-15-24(25,26)27/h8-9,16-18,30H,10-15H2,1-7H3,(H,28,33)(H,29,32)/b9-8+/t16-,17-,18-/m0/s1. The molecule has 0 aliphatic carbocycles. The summed E-state index contributed by atoms with van der Waals surface area (Å²) in [6.45, 7) is 13.5. The lowest BCUT2D eigenvalue weighted by Gasteiger charge is -2.37. The molecule has 218 valence electrons. The minimum Gasteiger partial charge on any atom is -0.460 e. The van der Waals surface area contributed by atoms with Gasteiger partial charge in [-0.15, -0.1) is 0 Å². The number of hydrogen-bond donors (Lipinski definition) is 3. The van der Waals surface area contributed by atoms with Gasteiger partial charge in [-0.2, -0.15) is 0 Å². The molecule has 0 aromatic heterocycles. The molecule has 0 saturated carbocycles. The van der Waals surface area contributed by atoms with Gasteiger partial charge in [-0.05, 0) is 44.8 Å². The van der Waals surface area contributed by atoms with E-state index in [-0.39, 0.29) is 24.0 Å². The molecule has 0 aromatic carbocycles. The van der Waals surface area contributed by atoms with Crippen LogP contribution in [0.5, 0.6) is 0 Å². The molecule has 0 aromatic rings. The highest BCUT2D eigenvalue weighted by atomic mass is 35.6. The first-order chi connectivity index (χ1) is 17.4. The van der Waals surface area contributed by atoms with Crippen LogP contribution in [0.25, 0.3) is 0 Å². The Hall–Kier alpha value is -1.37. The predicted molar refractivity (Wildman–Crippen MR) is 151 cm³/mol. The van der Waals surface area contributed by atoms with Crippen LogP contribution in [0, 0.1) is 0 Å². The summed E-state index contributed by atoms with van der Waals surface area (Å²) >= 11 is 16.9. The van der Waals surface area contributed by atoms with Gasteiger partial charge < -0.3 is 19.8 Å². The van der Waals surface area contributed by atoms with Crippen molar-refractivity contribution in [3.63, 3.8) is 0 Å². The van der Waals surface area contributed by atoms with E-state index < -0.39 is 54.6 Å². The van der Waals surface area contributed by atoms with E-state index in [1.165, 1.54) is 11.9 Å². The fraction of sp³-hybridized carbons (Fsp3) is 0.750. The summed E-state index contributed by atoms with van der Waals surface area (Å²) in [4.78, 5) is 50.9. The maximum Gasteiger partial charge on any atom is 0.325 e. The van der Waals surface area contributed by atoms with E-state index >= 15 is 0 Å². The zero-order valence-corrected chi connectivity index (χ0v) is 26.4. The number of alkyl halides is 3. The summed E-state index contributed by atoms with van der Waals surface area (Å²) in [5.74, 6) is -2.00. The Morgan fingerprint density at radius 3 is 2.34 bits per heavy atom. The lowest BCUT2D eigenvalue weighted by atomic mass is 10.1. The van der Waals surface area contributed by atoms with Gasteiger partial charge >= 0.3 is 5.97 Å². The highest BCUT2D eigenvalue weighted by Gasteiger charge is 2.39. The average molecular weight is 616 g/mol. The average Bonchev–Trinajstić information content (AvgIpc) is 2.81. The van der Waals surface area contributed by atoms with Gasteiger partial charge in [0.05, 0.1) is 6.61 Å². The summed E-state index contributed by atoms with van der Waals surface area (Å²) < 4.78 is 9.45. The fourth-order valence-corrected chi connectivity index (χ4v) is 4.33. The molecule has 1 saturated heterocycles. The molecule has 3 amide bonds. The number of halogens is 3. The summed E-state index contributed by atoms with van der Waals surface area (Å²) in [5.41, 5.74) is 2.82. The first-order valence-electron chi connectivity index (χ1n) is 12.5. The summed E-state index contributed by atoms with van der Waals surface area (Å²) in [6, 6.07) is -2.75. The Morgan fingerprint density at radius 1 is 1.16 bits per heavy atom. The van der Waals surface area contributed by atoms with Crippen LogP contribution in [0.4, 0.5) is 0 Å². The van der Waals surface area contributed by atoms with Crippen LogP contribution >= 0.6 is 34.8 Å². The highest BCUT2D eigenvalue weighted by molar-refractivity contribution is 6.74. The fourth-order valence-electron chi connectivity index (χ4n) is 3.15. The molecule has 0 unspecified atom stereocenters. The van der Waals surface area contributed by atoms with E-state index in [2.05, 4.69) is 36.8 Å². The van der Waals surface area contributed by atoms with Crippen molar-refractivity contribution in [3.8, 4) is 0 Å². The number of rotatable bonds is 11. The molecule has 0 radical (unpaired) electrons. The molecule has 3 N–H and O–H groups in total. The molecule has 0 bridgehead atoms. The van der Waals surface area contributed by atoms with Crippen LogP contribution in [0.1, 0.15) is 53.9 Å². The summed E-state index contributed by atoms with van der Waals surface area (Å²) in [6.07, 6.45) is 4.49. The van der Waals surface area contributed by atoms with E-state index in [1.54, 1.807) is 19.1 Å². The van der Waals surface area contributed by atoms with Crippen molar-refractivity contribution in [2.24, 2.45) is 0 Å². The molecular weight excluding hydrogens is 575 g/mol. The van der Waals surface area contributed by atoms with Crippen molar-refractivity contribution >= 4 is 66.8 Å². The number of hydrazine groups is 1. The second-order valence-corrected chi connectivity index (χ2v) is 18.1. The van der Waals surface area contributed by atoms with Crippen LogP contribution in [0.15, 0.2) is 12.2 Å². The van der Waals surface area contributed by atoms with E-state index in [9.17, 15) is 19.2 Å². The Kier molecular flexibility index (Phi) is 13.5. The lowest BCUT2D eigenvalue weighted by Crippen LogP contribution is -2.61. The van der Waals surface area contributed by atoms with Crippen molar-refractivity contribution < 1.29 is 28.3 Å². The van der Waals surface area contributed by atoms with Crippen molar-refractivity contribution in [2.45, 2.75) is 93.9 Å². The Balaban J connectivity index is 2.85. The van der Waals surface area contributed by atoms with Crippen LogP contribution < -0.4 is 16.1 Å². The molecule has 1 fully saturated rings. The van der Waals surface area contributed by atoms with Crippen LogP contribution in [-0.4, -0.2) is 78.7 Å². The van der Waals surface area contributed by atoms with E-state index in [1.807, 2.05) is 13.1 Å². The van der Waals surface area contributed by atoms with Gasteiger partial charge in [-0.3, -0.25) is 24.2 Å². The minimum atomic E-state index is -2.21. The first-order valence-corrected chi connectivity index (χ1v) is 16.6. The number of esters is 1. The lowest BCUT2D eigenvalue weighted by molar-refractivity contribution is -0.152. The zero-order valence-electron chi connectivity index (χ0n) is 23.2. The first kappa shape index (κ1) is 34.7. The normalized spacial score (nSPS) is 18.6. The maximum absolute atomic E-state index is 13.2. The van der Waals surface area contributed by atoms with Gasteiger partial charge in [0.2, 0.25) is 15.6 Å². The van der Waals surface area contributed by atoms with Crippen molar-refractivity contribution in [1.82, 2.24) is 21.1 Å². The van der Waals surface area contributed by atoms with Gasteiger partial charge in [0.25, 0.3) is 5.91 Å². The monoisotopic (exact) mass is 614 g/mol. The summed E-state index contributed by atoms with van der Waals surface area (Å²) in [7, 11) is -2.21. The molecule has 3 atom stereocenters. The Bertz CT molecular complexity index is 876. The molecule has 1 aliphatic rings. The molecular formula is C24H41Cl3N4O6Si. The van der Waals surface area contributed by atoms with E-state index in [4.69, 9.17) is 44.0 Å². The topological polar surface area (TPSA) is 126 Å². The van der Waals surface area contributed by atoms with Gasteiger partial charge in [0.15, 0.2) is 8.32 Å². The largest absolute Gasteiger partial charge is 0.460 e. The number of hydrogen-bond acceptors (Lipinski definition) is 7. The van der Waals surface area contributed by atoms with E-state index in [0.717, 1.165) is 0 Å². The predicted octanol–water partition coefficient (Wildman–Crippen LogP) is 3.37. The van der Waals surface area contributed by atoms with Gasteiger partial charge in [0, 0.05) is 13.0 Å². The van der Waals surface area contributed by atoms with Gasteiger partial charge in [0.1, 0.15) is 24.7 Å². The molecule has 1 rings (SSSR count). The van der Waals surface area contributed by atoms with Crippen LogP contribution in [0.2, 0.25) is 18.1 Å². The van der Waals surface area contributed by atoms with Gasteiger partial charge in [-0.1, -0.05) is 67.7 Å². The third-order valence-corrected chi connectivity index (χ3v) is 11.3. The third-order valence-electron chi connectivity index (χ3n) is 6.45. The third kappa shape index (κ3) is 11.8. The zero-order chi connectivity index (χ0) is 29.3. The molecule has 0 spiro atoms. The SMILES string of the molecule is C/C=C/CC(=O)N[C@@H](CO[Si](C)(C)C(C)(C)C)C(=O)N[C@@H](C)C(=O)N1CCC[C@@H](C(=O)OCC(Cl)(Cl)Cl)N1. The molecule has 10 nitrogen and oxygen atoms in total. The molecule has 14 heteroatoms. The maximum atomic E-state index is 13.2. The number of ether oxygens (including phenoxy) is 1. The number of carbonyl (C=O) groups is 4. The minimum absolute atomic E-state index is 0.0239. The second-order valence-electron chi connectivity index (χ2n) is 10.7. The number of nitrogens with one attached hydrogen (secondary N) is 3. The van der Waals surface area contributed by atoms with Gasteiger partial charge in [-0.25, -0.2) is 5.43 Å². The number of amides is 3. The second kappa shape index (κ2) is 14.9. The smallest absolute Gasteiger partial charge is 0.325 e. The highest BCUT2D eigenvalue weighted by Crippen LogP contribution is 2.36. The van der Waals surface area contributed by atoms with Crippen molar-refractivity contribution in [3.05, 3.63) is 12.2 Å². The van der Waals surface area contributed by atoms with Crippen molar-refractivity contribution in [1.29, 1.82) is 0 Å². The van der Waals surface area contributed by atoms with Crippen LogP contribution in [0.3, 0.4) is 0 Å². The summed E-state index contributed by atoms with van der Waals surface area (Å²) in [5, 5.41) is 6.55. The van der Waals surface area contributed by atoms with Crippen molar-refractivity contribution in [2.75, 3.05) is 19.8 Å². The number of nitrogens with zero attached hydrogens (tertiary/aromatic N) is 1. The molecule has 1 aliphatic heterocycles. The Morgan fingerprint density at radius 2 is 1.79 bits per heavy atom. The van der Waals surface area contributed by atoms with Crippen LogP contribution in [-0.2, 0) is 28.3 Å². The molecule has 38 heavy (non-hydrogen) atoms. The Labute approximate surface area is 241 Å². The number of carbonyl (C=O) groups excluding carboxylic acids is 4. The number of allylic oxidation sites excluding steroid dienone is 1.